The first-order valence-corrected chi connectivity index (χ1v) is 10.5. The molecule has 0 saturated carbocycles. The molecule has 0 aliphatic rings. The van der Waals surface area contributed by atoms with E-state index in [1.54, 1.807) is 5.56 Å². The standard InChI is InChI=1S/C18H26Si/c1-4-19(5-2,6-3)15-14-17-12-9-11-16-10-7-8-13-18(16)17/h7-13H,4-6,14-15H2,1-3H3. The average Bonchev–Trinajstić information content (AvgIpc) is 2.49. The lowest BCUT2D eigenvalue weighted by molar-refractivity contribution is 1.03. The second-order valence-corrected chi connectivity index (χ2v) is 11.3. The summed E-state index contributed by atoms with van der Waals surface area (Å²) in [4.78, 5) is 0. The Kier molecular flexibility index (Phi) is 4.81. The molecule has 0 aliphatic carbocycles. The molecule has 0 amide bonds. The van der Waals surface area contributed by atoms with Crippen molar-refractivity contribution in [1.29, 1.82) is 0 Å². The summed E-state index contributed by atoms with van der Waals surface area (Å²) in [6, 6.07) is 21.3. The second kappa shape index (κ2) is 6.38. The van der Waals surface area contributed by atoms with Crippen molar-refractivity contribution in [1.82, 2.24) is 0 Å². The maximum atomic E-state index is 2.41. The van der Waals surface area contributed by atoms with E-state index in [0.717, 1.165) is 0 Å². The van der Waals surface area contributed by atoms with Gasteiger partial charge in [0.15, 0.2) is 0 Å². The summed E-state index contributed by atoms with van der Waals surface area (Å²) in [7, 11) is -0.988. The van der Waals surface area contributed by atoms with E-state index in [0.29, 0.717) is 0 Å². The summed E-state index contributed by atoms with van der Waals surface area (Å²) >= 11 is 0. The van der Waals surface area contributed by atoms with Gasteiger partial charge in [0, 0.05) is 0 Å². The van der Waals surface area contributed by atoms with Crippen molar-refractivity contribution in [3.63, 3.8) is 0 Å². The predicted molar refractivity (Wildman–Crippen MR) is 89.7 cm³/mol. The zero-order valence-corrected chi connectivity index (χ0v) is 13.6. The second-order valence-electron chi connectivity index (χ2n) is 5.70. The molecule has 0 unspecified atom stereocenters. The molecule has 0 saturated heterocycles. The normalized spacial score (nSPS) is 11.9. The smallest absolute Gasteiger partial charge is 0.0530 e. The Balaban J connectivity index is 2.22. The number of hydrogen-bond acceptors (Lipinski definition) is 0. The quantitative estimate of drug-likeness (QED) is 0.574. The fraction of sp³-hybridized carbons (Fsp3) is 0.444. The lowest BCUT2D eigenvalue weighted by Crippen LogP contribution is -2.31. The van der Waals surface area contributed by atoms with Crippen molar-refractivity contribution >= 4 is 18.8 Å². The van der Waals surface area contributed by atoms with Gasteiger partial charge in [0.25, 0.3) is 0 Å². The van der Waals surface area contributed by atoms with Crippen LogP contribution in [0.5, 0.6) is 0 Å². The molecule has 0 aliphatic heterocycles. The topological polar surface area (TPSA) is 0 Å². The van der Waals surface area contributed by atoms with Crippen LogP contribution in [0.1, 0.15) is 26.3 Å². The van der Waals surface area contributed by atoms with Gasteiger partial charge in [0.2, 0.25) is 0 Å². The Hall–Kier alpha value is -1.08. The molecular formula is C18H26Si. The predicted octanol–water partition coefficient (Wildman–Crippen LogP) is 5.89. The van der Waals surface area contributed by atoms with Crippen LogP contribution in [0.2, 0.25) is 24.2 Å². The van der Waals surface area contributed by atoms with E-state index in [9.17, 15) is 0 Å². The van der Waals surface area contributed by atoms with Gasteiger partial charge < -0.3 is 0 Å². The summed E-state index contributed by atoms with van der Waals surface area (Å²) in [6.07, 6.45) is 1.27. The third-order valence-corrected chi connectivity index (χ3v) is 10.9. The molecule has 0 aromatic heterocycles. The Morgan fingerprint density at radius 3 is 2.11 bits per heavy atom. The van der Waals surface area contributed by atoms with Crippen LogP contribution >= 0.6 is 0 Å². The van der Waals surface area contributed by atoms with E-state index in [1.165, 1.54) is 41.4 Å². The van der Waals surface area contributed by atoms with Gasteiger partial charge in [-0.2, -0.15) is 0 Å². The molecule has 19 heavy (non-hydrogen) atoms. The average molecular weight is 270 g/mol. The molecular weight excluding hydrogens is 244 g/mol. The first kappa shape index (κ1) is 14.3. The van der Waals surface area contributed by atoms with Crippen molar-refractivity contribution in [2.45, 2.75) is 51.4 Å². The summed E-state index contributed by atoms with van der Waals surface area (Å²) in [5.41, 5.74) is 1.55. The van der Waals surface area contributed by atoms with Gasteiger partial charge in [0.1, 0.15) is 0 Å². The van der Waals surface area contributed by atoms with Gasteiger partial charge in [-0.05, 0) is 22.8 Å². The molecule has 0 bridgehead atoms. The lowest BCUT2D eigenvalue weighted by atomic mass is 10.0. The third-order valence-electron chi connectivity index (χ3n) is 5.05. The highest BCUT2D eigenvalue weighted by Crippen LogP contribution is 2.28. The van der Waals surface area contributed by atoms with Crippen molar-refractivity contribution in [3.8, 4) is 0 Å². The van der Waals surface area contributed by atoms with Gasteiger partial charge in [-0.1, -0.05) is 87.4 Å². The van der Waals surface area contributed by atoms with E-state index in [1.807, 2.05) is 0 Å². The minimum atomic E-state index is -0.988. The molecule has 0 spiro atoms. The fourth-order valence-corrected chi connectivity index (χ4v) is 6.55. The van der Waals surface area contributed by atoms with E-state index >= 15 is 0 Å². The molecule has 0 N–H and O–H groups in total. The molecule has 0 atom stereocenters. The van der Waals surface area contributed by atoms with Gasteiger partial charge >= 0.3 is 0 Å². The fourth-order valence-electron chi connectivity index (χ4n) is 3.19. The summed E-state index contributed by atoms with van der Waals surface area (Å²) < 4.78 is 0. The minimum Gasteiger partial charge on any atom is -0.0678 e. The minimum absolute atomic E-state index is 0.988. The first-order valence-electron chi connectivity index (χ1n) is 7.71. The van der Waals surface area contributed by atoms with Gasteiger partial charge in [-0.25, -0.2) is 0 Å². The molecule has 2 rings (SSSR count). The summed E-state index contributed by atoms with van der Waals surface area (Å²) in [5.74, 6) is 0. The summed E-state index contributed by atoms with van der Waals surface area (Å²) in [5, 5.41) is 2.84. The number of rotatable bonds is 6. The lowest BCUT2D eigenvalue weighted by Gasteiger charge is -2.28. The van der Waals surface area contributed by atoms with Crippen LogP contribution in [0.15, 0.2) is 42.5 Å². The number of hydrogen-bond donors (Lipinski definition) is 0. The van der Waals surface area contributed by atoms with Gasteiger partial charge in [0.05, 0.1) is 8.07 Å². The third kappa shape index (κ3) is 3.09. The van der Waals surface area contributed by atoms with Crippen molar-refractivity contribution in [2.75, 3.05) is 0 Å². The number of aryl methyl sites for hydroxylation is 1. The highest BCUT2D eigenvalue weighted by Gasteiger charge is 2.26. The zero-order valence-electron chi connectivity index (χ0n) is 12.6. The highest BCUT2D eigenvalue weighted by molar-refractivity contribution is 6.79. The van der Waals surface area contributed by atoms with E-state index in [2.05, 4.69) is 63.2 Å². The SMILES string of the molecule is CC[Si](CC)(CC)CCc1cccc2ccccc12. The monoisotopic (exact) mass is 270 g/mol. The largest absolute Gasteiger partial charge is 0.0678 e. The van der Waals surface area contributed by atoms with Crippen molar-refractivity contribution in [2.24, 2.45) is 0 Å². The van der Waals surface area contributed by atoms with E-state index in [4.69, 9.17) is 0 Å². The number of fused-ring (bicyclic) bond motifs is 1. The van der Waals surface area contributed by atoms with Crippen LogP contribution in [0.3, 0.4) is 0 Å². The molecule has 2 aromatic rings. The zero-order chi connectivity index (χ0) is 13.7. The Labute approximate surface area is 118 Å². The van der Waals surface area contributed by atoms with Crippen LogP contribution < -0.4 is 0 Å². The summed E-state index contributed by atoms with van der Waals surface area (Å²) in [6.45, 7) is 7.22. The van der Waals surface area contributed by atoms with Crippen LogP contribution in [0.4, 0.5) is 0 Å². The molecule has 1 heteroatoms. The van der Waals surface area contributed by atoms with Gasteiger partial charge in [-0.3, -0.25) is 0 Å². The van der Waals surface area contributed by atoms with Gasteiger partial charge in [-0.15, -0.1) is 0 Å². The van der Waals surface area contributed by atoms with Crippen LogP contribution in [0.25, 0.3) is 10.8 Å². The van der Waals surface area contributed by atoms with Crippen molar-refractivity contribution < 1.29 is 0 Å². The maximum Gasteiger partial charge on any atom is 0.0530 e. The molecule has 0 heterocycles. The van der Waals surface area contributed by atoms with Crippen molar-refractivity contribution in [3.05, 3.63) is 48.0 Å². The molecule has 2 aromatic carbocycles. The van der Waals surface area contributed by atoms with E-state index < -0.39 is 8.07 Å². The highest BCUT2D eigenvalue weighted by atomic mass is 28.3. The Morgan fingerprint density at radius 2 is 1.42 bits per heavy atom. The molecule has 0 radical (unpaired) electrons. The Morgan fingerprint density at radius 1 is 0.789 bits per heavy atom. The maximum absolute atomic E-state index is 2.41. The van der Waals surface area contributed by atoms with Crippen LogP contribution in [0, 0.1) is 0 Å². The Bertz CT molecular complexity index is 512. The molecule has 0 fully saturated rings. The molecule has 102 valence electrons. The van der Waals surface area contributed by atoms with Crippen LogP contribution in [-0.2, 0) is 6.42 Å². The molecule has 0 nitrogen and oxygen atoms in total. The van der Waals surface area contributed by atoms with Crippen LogP contribution in [-0.4, -0.2) is 8.07 Å². The number of benzene rings is 2. The van der Waals surface area contributed by atoms with E-state index in [-0.39, 0.29) is 0 Å². The first-order chi connectivity index (χ1) is 9.24.